The van der Waals surface area contributed by atoms with Crippen LogP contribution in [0.25, 0.3) is 0 Å². The fraction of sp³-hybridized carbons (Fsp3) is 0.353. The van der Waals surface area contributed by atoms with Crippen LogP contribution in [-0.2, 0) is 21.5 Å². The fourth-order valence-electron chi connectivity index (χ4n) is 2.12. The second-order valence-corrected chi connectivity index (χ2v) is 6.26. The lowest BCUT2D eigenvalue weighted by atomic mass is 10.0. The third-order valence-corrected chi connectivity index (χ3v) is 3.85. The van der Waals surface area contributed by atoms with Gasteiger partial charge in [-0.3, -0.25) is 9.48 Å². The normalized spacial score (nSPS) is 12.7. The number of aliphatic carboxylic acids is 1. The first-order valence-corrected chi connectivity index (χ1v) is 7.54. The van der Waals surface area contributed by atoms with E-state index in [2.05, 4.69) is 10.4 Å². The van der Waals surface area contributed by atoms with E-state index in [0.717, 1.165) is 5.56 Å². The first kappa shape index (κ1) is 17.7. The SMILES string of the molecule is CC(Cc1ccc(F)cc1)C(=O)Nc1cnn(C(C)(C)C(=O)O)c1. The van der Waals surface area contributed by atoms with Crippen LogP contribution >= 0.6 is 0 Å². The molecule has 6 nitrogen and oxygen atoms in total. The number of carboxylic acids is 1. The van der Waals surface area contributed by atoms with E-state index in [-0.39, 0.29) is 17.6 Å². The molecule has 1 aromatic carbocycles. The first-order chi connectivity index (χ1) is 11.2. The molecule has 1 atom stereocenters. The van der Waals surface area contributed by atoms with Crippen molar-refractivity contribution in [2.75, 3.05) is 5.32 Å². The molecule has 0 aliphatic heterocycles. The van der Waals surface area contributed by atoms with Crippen LogP contribution in [0.15, 0.2) is 36.7 Å². The molecule has 1 unspecified atom stereocenters. The number of hydrogen-bond acceptors (Lipinski definition) is 3. The quantitative estimate of drug-likeness (QED) is 0.851. The number of hydrogen-bond donors (Lipinski definition) is 2. The topological polar surface area (TPSA) is 84.2 Å². The first-order valence-electron chi connectivity index (χ1n) is 7.54. The Morgan fingerprint density at radius 3 is 2.54 bits per heavy atom. The van der Waals surface area contributed by atoms with Crippen molar-refractivity contribution in [2.45, 2.75) is 32.7 Å². The molecule has 0 fully saturated rings. The Balaban J connectivity index is 2.00. The Bertz CT molecular complexity index is 738. The third kappa shape index (κ3) is 3.98. The molecule has 0 aliphatic rings. The van der Waals surface area contributed by atoms with Crippen molar-refractivity contribution in [1.29, 1.82) is 0 Å². The molecule has 1 aromatic heterocycles. The summed E-state index contributed by atoms with van der Waals surface area (Å²) >= 11 is 0. The third-order valence-electron chi connectivity index (χ3n) is 3.85. The highest BCUT2D eigenvalue weighted by Crippen LogP contribution is 2.18. The predicted octanol–water partition coefficient (Wildman–Crippen LogP) is 2.66. The highest BCUT2D eigenvalue weighted by atomic mass is 19.1. The van der Waals surface area contributed by atoms with Crippen LogP contribution in [0.2, 0.25) is 0 Å². The molecule has 0 aliphatic carbocycles. The van der Waals surface area contributed by atoms with E-state index in [1.165, 1.54) is 43.1 Å². The van der Waals surface area contributed by atoms with Crippen LogP contribution in [0, 0.1) is 11.7 Å². The zero-order valence-electron chi connectivity index (χ0n) is 13.8. The van der Waals surface area contributed by atoms with Gasteiger partial charge in [0.2, 0.25) is 5.91 Å². The van der Waals surface area contributed by atoms with Crippen LogP contribution in [0.5, 0.6) is 0 Å². The van der Waals surface area contributed by atoms with Crippen LogP contribution < -0.4 is 5.32 Å². The average Bonchev–Trinajstić information content (AvgIpc) is 2.98. The highest BCUT2D eigenvalue weighted by Gasteiger charge is 2.30. The Morgan fingerprint density at radius 2 is 1.96 bits per heavy atom. The number of carboxylic acid groups (broad SMARTS) is 1. The zero-order valence-corrected chi connectivity index (χ0v) is 13.8. The van der Waals surface area contributed by atoms with E-state index in [0.29, 0.717) is 12.1 Å². The minimum absolute atomic E-state index is 0.216. The van der Waals surface area contributed by atoms with Gasteiger partial charge in [0.1, 0.15) is 5.82 Å². The number of nitrogens with one attached hydrogen (secondary N) is 1. The molecule has 1 amide bonds. The maximum absolute atomic E-state index is 12.9. The van der Waals surface area contributed by atoms with Crippen molar-refractivity contribution in [3.8, 4) is 0 Å². The molecule has 2 rings (SSSR count). The van der Waals surface area contributed by atoms with Crippen molar-refractivity contribution in [3.05, 3.63) is 48.0 Å². The standard InChI is InChI=1S/C17H20FN3O3/c1-11(8-12-4-6-13(18)7-5-12)15(22)20-14-9-19-21(10-14)17(2,3)16(23)24/h4-7,9-11H,8H2,1-3H3,(H,20,22)(H,23,24). The van der Waals surface area contributed by atoms with Gasteiger partial charge in [-0.25, -0.2) is 9.18 Å². The molecule has 2 aromatic rings. The Kier molecular flexibility index (Phi) is 5.02. The summed E-state index contributed by atoms with van der Waals surface area (Å²) in [5.74, 6) is -1.88. The van der Waals surface area contributed by atoms with E-state index < -0.39 is 11.5 Å². The van der Waals surface area contributed by atoms with Gasteiger partial charge < -0.3 is 10.4 Å². The summed E-state index contributed by atoms with van der Waals surface area (Å²) in [6, 6.07) is 6.01. The van der Waals surface area contributed by atoms with Crippen molar-refractivity contribution in [2.24, 2.45) is 5.92 Å². The Hall–Kier alpha value is -2.70. The number of nitrogens with zero attached hydrogens (tertiary/aromatic N) is 2. The van der Waals surface area contributed by atoms with Gasteiger partial charge in [-0.05, 0) is 38.0 Å². The summed E-state index contributed by atoms with van der Waals surface area (Å²) < 4.78 is 14.2. The van der Waals surface area contributed by atoms with Gasteiger partial charge in [0, 0.05) is 12.1 Å². The van der Waals surface area contributed by atoms with Gasteiger partial charge in [0.05, 0.1) is 11.9 Å². The second kappa shape index (κ2) is 6.82. The summed E-state index contributed by atoms with van der Waals surface area (Å²) in [7, 11) is 0. The minimum atomic E-state index is -1.21. The fourth-order valence-corrected chi connectivity index (χ4v) is 2.12. The van der Waals surface area contributed by atoms with Crippen molar-refractivity contribution in [1.82, 2.24) is 9.78 Å². The number of anilines is 1. The molecule has 0 saturated heterocycles. The molecule has 1 heterocycles. The number of aromatic nitrogens is 2. The van der Waals surface area contributed by atoms with E-state index in [4.69, 9.17) is 0 Å². The molecule has 24 heavy (non-hydrogen) atoms. The number of amides is 1. The van der Waals surface area contributed by atoms with E-state index >= 15 is 0 Å². The van der Waals surface area contributed by atoms with E-state index in [9.17, 15) is 19.1 Å². The maximum Gasteiger partial charge on any atom is 0.331 e. The molecule has 7 heteroatoms. The predicted molar refractivity (Wildman–Crippen MR) is 87.1 cm³/mol. The lowest BCUT2D eigenvalue weighted by Crippen LogP contribution is -2.35. The van der Waals surface area contributed by atoms with Crippen molar-refractivity contribution >= 4 is 17.6 Å². The van der Waals surface area contributed by atoms with Gasteiger partial charge in [0.25, 0.3) is 0 Å². The van der Waals surface area contributed by atoms with Crippen LogP contribution in [0.1, 0.15) is 26.3 Å². The number of rotatable bonds is 6. The van der Waals surface area contributed by atoms with Crippen molar-refractivity contribution < 1.29 is 19.1 Å². The summed E-state index contributed by atoms with van der Waals surface area (Å²) in [6.45, 7) is 4.81. The minimum Gasteiger partial charge on any atom is -0.479 e. The molecular formula is C17H20FN3O3. The number of benzene rings is 1. The molecular weight excluding hydrogens is 313 g/mol. The Morgan fingerprint density at radius 1 is 1.33 bits per heavy atom. The van der Waals surface area contributed by atoms with Gasteiger partial charge in [-0.1, -0.05) is 19.1 Å². The molecule has 128 valence electrons. The number of halogens is 1. The zero-order chi connectivity index (χ0) is 17.9. The van der Waals surface area contributed by atoms with Crippen LogP contribution in [0.3, 0.4) is 0 Å². The second-order valence-electron chi connectivity index (χ2n) is 6.26. The molecule has 2 N–H and O–H groups in total. The van der Waals surface area contributed by atoms with Crippen molar-refractivity contribution in [3.63, 3.8) is 0 Å². The van der Waals surface area contributed by atoms with Gasteiger partial charge >= 0.3 is 5.97 Å². The van der Waals surface area contributed by atoms with Crippen LogP contribution in [-0.4, -0.2) is 26.8 Å². The molecule has 0 bridgehead atoms. The summed E-state index contributed by atoms with van der Waals surface area (Å²) in [6.07, 6.45) is 3.37. The van der Waals surface area contributed by atoms with Gasteiger partial charge in [-0.15, -0.1) is 0 Å². The van der Waals surface area contributed by atoms with Gasteiger partial charge in [-0.2, -0.15) is 5.10 Å². The summed E-state index contributed by atoms with van der Waals surface area (Å²) in [4.78, 5) is 23.5. The molecule has 0 radical (unpaired) electrons. The van der Waals surface area contributed by atoms with Gasteiger partial charge in [0.15, 0.2) is 5.54 Å². The largest absolute Gasteiger partial charge is 0.479 e. The monoisotopic (exact) mass is 333 g/mol. The molecule has 0 spiro atoms. The Labute approximate surface area is 139 Å². The lowest BCUT2D eigenvalue weighted by Gasteiger charge is -2.19. The summed E-state index contributed by atoms with van der Waals surface area (Å²) in [5.41, 5.74) is 0.0879. The van der Waals surface area contributed by atoms with E-state index in [1.807, 2.05) is 0 Å². The number of carbonyl (C=O) groups excluding carboxylic acids is 1. The highest BCUT2D eigenvalue weighted by molar-refractivity contribution is 5.92. The number of carbonyl (C=O) groups is 2. The lowest BCUT2D eigenvalue weighted by molar-refractivity contribution is -0.146. The van der Waals surface area contributed by atoms with E-state index in [1.54, 1.807) is 19.1 Å². The average molecular weight is 333 g/mol. The smallest absolute Gasteiger partial charge is 0.331 e. The van der Waals surface area contributed by atoms with Crippen LogP contribution in [0.4, 0.5) is 10.1 Å². The maximum atomic E-state index is 12.9. The summed E-state index contributed by atoms with van der Waals surface area (Å²) in [5, 5.41) is 15.9. The molecule has 0 saturated carbocycles.